The number of carboxylic acid groups (broad SMARTS) is 1. The zero-order valence-electron chi connectivity index (χ0n) is 26.5. The number of aromatic nitrogens is 1. The van der Waals surface area contributed by atoms with Gasteiger partial charge in [-0.2, -0.15) is 0 Å². The molecule has 5 atom stereocenters. The molecular formula is C32H45N5O6S. The van der Waals surface area contributed by atoms with Crippen molar-refractivity contribution in [3.8, 4) is 0 Å². The van der Waals surface area contributed by atoms with E-state index in [9.17, 15) is 24.3 Å². The van der Waals surface area contributed by atoms with E-state index >= 15 is 0 Å². The Hall–Kier alpha value is -3.61. The van der Waals surface area contributed by atoms with E-state index in [0.717, 1.165) is 12.0 Å². The van der Waals surface area contributed by atoms with Crippen LogP contribution >= 0.6 is 11.3 Å². The molecule has 1 aromatic heterocycles. The maximum atomic E-state index is 13.7. The first-order valence-corrected chi connectivity index (χ1v) is 15.8. The van der Waals surface area contributed by atoms with Gasteiger partial charge in [0.2, 0.25) is 11.8 Å². The molecular weight excluding hydrogens is 582 g/mol. The highest BCUT2D eigenvalue weighted by Crippen LogP contribution is 2.31. The molecule has 1 aromatic carbocycles. The molecule has 2 aromatic rings. The number of carbonyl (C=O) groups is 4. The van der Waals surface area contributed by atoms with Crippen molar-refractivity contribution in [2.24, 2.45) is 11.8 Å². The zero-order valence-corrected chi connectivity index (χ0v) is 27.4. The third-order valence-electron chi connectivity index (χ3n) is 8.18. The minimum absolute atomic E-state index is 0.0594. The molecule has 0 radical (unpaired) electrons. The molecule has 1 aliphatic carbocycles. The van der Waals surface area contributed by atoms with Gasteiger partial charge in [-0.3, -0.25) is 14.4 Å². The maximum Gasteiger partial charge on any atom is 0.336 e. The van der Waals surface area contributed by atoms with E-state index in [1.54, 1.807) is 49.7 Å². The Labute approximate surface area is 263 Å². The van der Waals surface area contributed by atoms with Crippen molar-refractivity contribution >= 4 is 40.6 Å². The van der Waals surface area contributed by atoms with Crippen molar-refractivity contribution in [2.45, 2.75) is 71.2 Å². The van der Waals surface area contributed by atoms with Crippen molar-refractivity contribution in [1.29, 1.82) is 0 Å². The number of nitrogens with one attached hydrogen (secondary N) is 3. The highest BCUT2D eigenvalue weighted by molar-refractivity contribution is 7.09. The van der Waals surface area contributed by atoms with Gasteiger partial charge in [-0.25, -0.2) is 9.78 Å². The Morgan fingerprint density at radius 3 is 2.50 bits per heavy atom. The third-order valence-corrected chi connectivity index (χ3v) is 9.12. The van der Waals surface area contributed by atoms with E-state index in [1.165, 1.54) is 11.3 Å². The molecule has 3 amide bonds. The molecule has 0 fully saturated rings. The number of hydrogen-bond donors (Lipinski definition) is 4. The van der Waals surface area contributed by atoms with Gasteiger partial charge in [-0.05, 0) is 42.5 Å². The molecule has 240 valence electrons. The minimum Gasteiger partial charge on any atom is -0.478 e. The molecule has 11 nitrogen and oxygen atoms in total. The Morgan fingerprint density at radius 2 is 1.89 bits per heavy atom. The van der Waals surface area contributed by atoms with Crippen molar-refractivity contribution in [1.82, 2.24) is 25.8 Å². The van der Waals surface area contributed by atoms with Gasteiger partial charge in [0.05, 0.1) is 18.2 Å². The molecule has 3 rings (SSSR count). The van der Waals surface area contributed by atoms with Gasteiger partial charge < -0.3 is 30.7 Å². The van der Waals surface area contributed by atoms with Crippen LogP contribution in [-0.2, 0) is 25.5 Å². The molecule has 1 heterocycles. The van der Waals surface area contributed by atoms with Crippen LogP contribution in [0, 0.1) is 11.8 Å². The predicted molar refractivity (Wildman–Crippen MR) is 170 cm³/mol. The minimum atomic E-state index is -1.05. The van der Waals surface area contributed by atoms with Gasteiger partial charge in [0, 0.05) is 32.0 Å². The second-order valence-electron chi connectivity index (χ2n) is 11.6. The Morgan fingerprint density at radius 1 is 1.18 bits per heavy atom. The number of rotatable bonds is 15. The van der Waals surface area contributed by atoms with Crippen LogP contribution in [0.4, 0.5) is 0 Å². The smallest absolute Gasteiger partial charge is 0.336 e. The maximum absolute atomic E-state index is 13.7. The number of carboxylic acids is 1. The molecule has 1 aliphatic rings. The number of fused-ring (bicyclic) bond motifs is 1. The van der Waals surface area contributed by atoms with Crippen molar-refractivity contribution in [3.63, 3.8) is 0 Å². The number of ether oxygens (including phenoxy) is 1. The zero-order chi connectivity index (χ0) is 32.6. The summed E-state index contributed by atoms with van der Waals surface area (Å²) in [6, 6.07) is 5.88. The van der Waals surface area contributed by atoms with Crippen LogP contribution in [0.2, 0.25) is 0 Å². The lowest BCUT2D eigenvalue weighted by Gasteiger charge is -2.37. The first kappa shape index (κ1) is 34.9. The molecule has 0 saturated heterocycles. The van der Waals surface area contributed by atoms with Gasteiger partial charge in [0.25, 0.3) is 5.91 Å². The lowest BCUT2D eigenvalue weighted by molar-refractivity contribution is -0.140. The summed E-state index contributed by atoms with van der Waals surface area (Å²) in [5, 5.41) is 20.6. The Balaban J connectivity index is 1.74. The molecule has 0 aliphatic heterocycles. The SMILES string of the molecule is CCC(C)[C@H](NC(=O)CNC)C(=O)N(C)[C@H](CC(OC)c1nc(C(=O)N[C@@H]2C=C(C(=O)O)c3ccccc3C2)cs1)C(C)C. The van der Waals surface area contributed by atoms with Crippen LogP contribution in [0.3, 0.4) is 0 Å². The van der Waals surface area contributed by atoms with Gasteiger partial charge in [0.1, 0.15) is 22.8 Å². The number of carbonyl (C=O) groups excluding carboxylic acids is 3. The van der Waals surface area contributed by atoms with Crippen LogP contribution in [-0.4, -0.2) is 84.6 Å². The number of aliphatic carboxylic acids is 1. The summed E-state index contributed by atoms with van der Waals surface area (Å²) in [6.07, 6.45) is 2.72. The fourth-order valence-corrected chi connectivity index (χ4v) is 6.34. The number of hydrogen-bond acceptors (Lipinski definition) is 8. The lowest BCUT2D eigenvalue weighted by atomic mass is 9.88. The predicted octanol–water partition coefficient (Wildman–Crippen LogP) is 3.28. The molecule has 0 bridgehead atoms. The summed E-state index contributed by atoms with van der Waals surface area (Å²) >= 11 is 1.30. The number of methoxy groups -OCH3 is 1. The van der Waals surface area contributed by atoms with Crippen LogP contribution in [0.25, 0.3) is 5.57 Å². The normalized spacial score (nSPS) is 17.1. The lowest BCUT2D eigenvalue weighted by Crippen LogP contribution is -2.55. The summed E-state index contributed by atoms with van der Waals surface area (Å²) in [5.74, 6) is -1.85. The van der Waals surface area contributed by atoms with Crippen molar-refractivity contribution in [3.05, 3.63) is 57.6 Å². The monoisotopic (exact) mass is 627 g/mol. The van der Waals surface area contributed by atoms with Crippen LogP contribution in [0.5, 0.6) is 0 Å². The number of likely N-dealkylation sites (N-methyl/N-ethyl adjacent to an activating group) is 2. The van der Waals surface area contributed by atoms with Crippen LogP contribution < -0.4 is 16.0 Å². The summed E-state index contributed by atoms with van der Waals surface area (Å²) in [7, 11) is 5.00. The first-order valence-electron chi connectivity index (χ1n) is 14.9. The second kappa shape index (κ2) is 15.9. The van der Waals surface area contributed by atoms with Gasteiger partial charge >= 0.3 is 5.97 Å². The number of thiazole rings is 1. The highest BCUT2D eigenvalue weighted by Gasteiger charge is 2.35. The highest BCUT2D eigenvalue weighted by atomic mass is 32.1. The summed E-state index contributed by atoms with van der Waals surface area (Å²) in [6.45, 7) is 8.11. The van der Waals surface area contributed by atoms with Crippen LogP contribution in [0.1, 0.15) is 73.3 Å². The molecule has 4 N–H and O–H groups in total. The van der Waals surface area contributed by atoms with E-state index in [2.05, 4.69) is 20.9 Å². The number of amides is 3. The average molecular weight is 628 g/mol. The fraction of sp³-hybridized carbons (Fsp3) is 0.531. The van der Waals surface area contributed by atoms with Gasteiger partial charge in [-0.15, -0.1) is 11.3 Å². The van der Waals surface area contributed by atoms with Gasteiger partial charge in [-0.1, -0.05) is 58.4 Å². The largest absolute Gasteiger partial charge is 0.478 e. The summed E-state index contributed by atoms with van der Waals surface area (Å²) in [4.78, 5) is 57.4. The van der Waals surface area contributed by atoms with Crippen LogP contribution in [0.15, 0.2) is 35.7 Å². The Kier molecular flexibility index (Phi) is 12.6. The van der Waals surface area contributed by atoms with E-state index in [1.807, 2.05) is 39.8 Å². The summed E-state index contributed by atoms with van der Waals surface area (Å²) < 4.78 is 5.82. The van der Waals surface area contributed by atoms with Gasteiger partial charge in [0.15, 0.2) is 0 Å². The van der Waals surface area contributed by atoms with E-state index < -0.39 is 30.1 Å². The fourth-order valence-electron chi connectivity index (χ4n) is 5.45. The first-order chi connectivity index (χ1) is 20.9. The van der Waals surface area contributed by atoms with E-state index in [0.29, 0.717) is 23.4 Å². The molecule has 0 spiro atoms. The average Bonchev–Trinajstić information content (AvgIpc) is 3.49. The Bertz CT molecular complexity index is 1360. The molecule has 2 unspecified atom stereocenters. The van der Waals surface area contributed by atoms with E-state index in [4.69, 9.17) is 4.74 Å². The quantitative estimate of drug-likeness (QED) is 0.235. The number of benzene rings is 1. The second-order valence-corrected chi connectivity index (χ2v) is 12.5. The molecule has 0 saturated carbocycles. The van der Waals surface area contributed by atoms with E-state index in [-0.39, 0.29) is 47.5 Å². The summed E-state index contributed by atoms with van der Waals surface area (Å²) in [5.41, 5.74) is 1.88. The van der Waals surface area contributed by atoms with Crippen molar-refractivity contribution < 1.29 is 29.0 Å². The third kappa shape index (κ3) is 8.52. The molecule has 12 heteroatoms. The standard InChI is InChI=1S/C32H45N5O6S/c1-8-19(4)28(36-27(38)16-33-5)31(40)37(6)25(18(2)3)15-26(43-7)30-35-24(17-44-30)29(39)34-21-13-20-11-9-10-12-22(20)23(14-21)32(41)42/h9-12,14,17-19,21,25-26,28,33H,8,13,15-16H2,1-7H3,(H,34,39)(H,36,38)(H,41,42)/t19?,21-,25+,26?,28-/m0/s1. The number of nitrogens with zero attached hydrogens (tertiary/aromatic N) is 2. The van der Waals surface area contributed by atoms with Crippen molar-refractivity contribution in [2.75, 3.05) is 27.7 Å². The molecule has 44 heavy (non-hydrogen) atoms. The topological polar surface area (TPSA) is 150 Å².